The van der Waals surface area contributed by atoms with Crippen molar-refractivity contribution in [3.05, 3.63) is 23.5 Å². The smallest absolute Gasteiger partial charge is 0.253 e. The molecule has 1 aromatic heterocycles. The van der Waals surface area contributed by atoms with Gasteiger partial charge >= 0.3 is 0 Å². The van der Waals surface area contributed by atoms with Crippen LogP contribution >= 0.6 is 0 Å². The number of hydrogen-bond donors (Lipinski definition) is 0. The minimum atomic E-state index is -1.75. The maximum Gasteiger partial charge on any atom is 0.253 e. The summed E-state index contributed by atoms with van der Waals surface area (Å²) in [5, 5.41) is 0. The van der Waals surface area contributed by atoms with Gasteiger partial charge in [-0.2, -0.15) is 22.5 Å². The molecule has 0 bridgehead atoms. The molecule has 3 rings (SSSR count). The Morgan fingerprint density at radius 1 is 0.885 bits per heavy atom. The highest BCUT2D eigenvalue weighted by Gasteiger charge is 2.33. The standard InChI is InChI=1S/C15H14F4N4O3/c16-11-13(12(17)15(19)20-14(11)18)22-5-3-21(4-6-22)10(26)7-23-8(24)1-2-9(23)25/h1-7H2. The largest absolute Gasteiger partial charge is 0.363 e. The lowest BCUT2D eigenvalue weighted by Gasteiger charge is -2.36. The first-order valence-corrected chi connectivity index (χ1v) is 7.85. The maximum absolute atomic E-state index is 13.8. The Hall–Kier alpha value is -2.72. The Bertz CT molecular complexity index is 738. The van der Waals surface area contributed by atoms with E-state index in [0.29, 0.717) is 0 Å². The SMILES string of the molecule is O=C(CN1C(=O)CCC1=O)N1CCN(c2c(F)c(F)nc(F)c2F)CC1. The highest BCUT2D eigenvalue weighted by Crippen LogP contribution is 2.27. The van der Waals surface area contributed by atoms with E-state index >= 15 is 0 Å². The number of anilines is 1. The molecule has 2 fully saturated rings. The van der Waals surface area contributed by atoms with E-state index in [4.69, 9.17) is 0 Å². The first-order chi connectivity index (χ1) is 12.3. The van der Waals surface area contributed by atoms with Crippen molar-refractivity contribution in [2.75, 3.05) is 37.6 Å². The lowest BCUT2D eigenvalue weighted by molar-refractivity contribution is -0.145. The number of carbonyl (C=O) groups is 3. The van der Waals surface area contributed by atoms with Crippen LogP contribution < -0.4 is 4.90 Å². The second-order valence-corrected chi connectivity index (χ2v) is 5.91. The van der Waals surface area contributed by atoms with Gasteiger partial charge in [-0.25, -0.2) is 0 Å². The summed E-state index contributed by atoms with van der Waals surface area (Å²) in [6, 6.07) is 0. The highest BCUT2D eigenvalue weighted by atomic mass is 19.2. The Labute approximate surface area is 145 Å². The fraction of sp³-hybridized carbons (Fsp3) is 0.467. The van der Waals surface area contributed by atoms with Crippen LogP contribution in [0.25, 0.3) is 0 Å². The number of piperazine rings is 1. The molecule has 0 unspecified atom stereocenters. The number of hydrogen-bond acceptors (Lipinski definition) is 5. The van der Waals surface area contributed by atoms with Gasteiger partial charge in [0.1, 0.15) is 12.2 Å². The molecule has 0 aliphatic carbocycles. The average molecular weight is 374 g/mol. The van der Waals surface area contributed by atoms with Gasteiger partial charge in [0.25, 0.3) is 11.9 Å². The monoisotopic (exact) mass is 374 g/mol. The van der Waals surface area contributed by atoms with E-state index in [-0.39, 0.29) is 45.6 Å². The van der Waals surface area contributed by atoms with E-state index in [2.05, 4.69) is 4.98 Å². The van der Waals surface area contributed by atoms with Crippen LogP contribution in [0, 0.1) is 23.5 Å². The molecule has 0 aromatic carbocycles. The van der Waals surface area contributed by atoms with E-state index in [0.717, 1.165) is 9.80 Å². The third-order valence-electron chi connectivity index (χ3n) is 4.37. The molecular formula is C15H14F4N4O3. The Morgan fingerprint density at radius 3 is 1.88 bits per heavy atom. The average Bonchev–Trinajstić information content (AvgIpc) is 2.93. The number of pyridine rings is 1. The van der Waals surface area contributed by atoms with E-state index < -0.39 is 46.9 Å². The van der Waals surface area contributed by atoms with Crippen LogP contribution in [0.5, 0.6) is 0 Å². The molecule has 0 N–H and O–H groups in total. The predicted molar refractivity (Wildman–Crippen MR) is 78.8 cm³/mol. The van der Waals surface area contributed by atoms with Gasteiger partial charge in [-0.1, -0.05) is 0 Å². The van der Waals surface area contributed by atoms with E-state index in [1.54, 1.807) is 0 Å². The molecule has 2 aliphatic heterocycles. The number of aromatic nitrogens is 1. The topological polar surface area (TPSA) is 73.8 Å². The van der Waals surface area contributed by atoms with Crippen molar-refractivity contribution in [3.63, 3.8) is 0 Å². The van der Waals surface area contributed by atoms with Crippen LogP contribution in [0.15, 0.2) is 0 Å². The van der Waals surface area contributed by atoms with Gasteiger partial charge in [-0.15, -0.1) is 0 Å². The lowest BCUT2D eigenvalue weighted by atomic mass is 10.2. The van der Waals surface area contributed by atoms with Crippen molar-refractivity contribution in [1.29, 1.82) is 0 Å². The Balaban J connectivity index is 1.66. The Kier molecular flexibility index (Phi) is 4.79. The quantitative estimate of drug-likeness (QED) is 0.436. The van der Waals surface area contributed by atoms with Crippen LogP contribution in [-0.4, -0.2) is 65.2 Å². The number of carbonyl (C=O) groups excluding carboxylic acids is 3. The molecular weight excluding hydrogens is 360 g/mol. The molecule has 3 amide bonds. The van der Waals surface area contributed by atoms with Crippen molar-refractivity contribution < 1.29 is 31.9 Å². The predicted octanol–water partition coefficient (Wildman–Crippen LogP) is 0.436. The molecule has 1 aromatic rings. The highest BCUT2D eigenvalue weighted by molar-refractivity contribution is 6.04. The summed E-state index contributed by atoms with van der Waals surface area (Å²) in [4.78, 5) is 41.1. The first kappa shape index (κ1) is 18.1. The van der Waals surface area contributed by atoms with Gasteiger partial charge in [-0.3, -0.25) is 19.3 Å². The molecule has 0 atom stereocenters. The molecule has 0 spiro atoms. The van der Waals surface area contributed by atoms with Gasteiger partial charge in [0, 0.05) is 39.0 Å². The number of amides is 3. The minimum Gasteiger partial charge on any atom is -0.363 e. The zero-order chi connectivity index (χ0) is 19.0. The third-order valence-corrected chi connectivity index (χ3v) is 4.37. The first-order valence-electron chi connectivity index (χ1n) is 7.85. The molecule has 0 radical (unpaired) electrons. The van der Waals surface area contributed by atoms with E-state index in [9.17, 15) is 31.9 Å². The second-order valence-electron chi connectivity index (χ2n) is 5.91. The minimum absolute atomic E-state index is 0.0134. The van der Waals surface area contributed by atoms with Gasteiger partial charge in [0.2, 0.25) is 29.4 Å². The number of rotatable bonds is 3. The van der Waals surface area contributed by atoms with E-state index in [1.165, 1.54) is 4.90 Å². The van der Waals surface area contributed by atoms with Crippen LogP contribution in [0.2, 0.25) is 0 Å². The Morgan fingerprint density at radius 2 is 1.38 bits per heavy atom. The molecule has 3 heterocycles. The second kappa shape index (κ2) is 6.89. The zero-order valence-electron chi connectivity index (χ0n) is 13.5. The number of halogens is 4. The summed E-state index contributed by atoms with van der Waals surface area (Å²) < 4.78 is 54.0. The normalized spacial score (nSPS) is 18.1. The third kappa shape index (κ3) is 3.20. The molecule has 2 aliphatic rings. The van der Waals surface area contributed by atoms with Crippen molar-refractivity contribution in [1.82, 2.24) is 14.8 Å². The van der Waals surface area contributed by atoms with Crippen LogP contribution in [0.3, 0.4) is 0 Å². The molecule has 7 nitrogen and oxygen atoms in total. The summed E-state index contributed by atoms with van der Waals surface area (Å²) in [5.41, 5.74) is -0.869. The number of likely N-dealkylation sites (tertiary alicyclic amines) is 1. The maximum atomic E-state index is 13.8. The fourth-order valence-electron chi connectivity index (χ4n) is 2.97. The molecule has 11 heteroatoms. The lowest BCUT2D eigenvalue weighted by Crippen LogP contribution is -2.52. The molecule has 26 heavy (non-hydrogen) atoms. The van der Waals surface area contributed by atoms with Gasteiger partial charge in [-0.05, 0) is 0 Å². The van der Waals surface area contributed by atoms with Crippen LogP contribution in [0.1, 0.15) is 12.8 Å². The van der Waals surface area contributed by atoms with Gasteiger partial charge in [0.05, 0.1) is 0 Å². The number of imide groups is 1. The fourth-order valence-corrected chi connectivity index (χ4v) is 2.97. The van der Waals surface area contributed by atoms with Gasteiger partial charge in [0.15, 0.2) is 0 Å². The zero-order valence-corrected chi connectivity index (χ0v) is 13.5. The molecule has 2 saturated heterocycles. The number of nitrogens with zero attached hydrogens (tertiary/aromatic N) is 4. The molecule has 0 saturated carbocycles. The summed E-state index contributed by atoms with van der Waals surface area (Å²) in [6.07, 6.45) is 0.134. The van der Waals surface area contributed by atoms with Gasteiger partial charge < -0.3 is 9.80 Å². The van der Waals surface area contributed by atoms with Crippen molar-refractivity contribution in [2.45, 2.75) is 12.8 Å². The van der Waals surface area contributed by atoms with Crippen molar-refractivity contribution >= 4 is 23.4 Å². The summed E-state index contributed by atoms with van der Waals surface area (Å²) >= 11 is 0. The summed E-state index contributed by atoms with van der Waals surface area (Å²) in [6.45, 7) is -0.521. The van der Waals surface area contributed by atoms with Crippen LogP contribution in [-0.2, 0) is 14.4 Å². The van der Waals surface area contributed by atoms with Crippen molar-refractivity contribution in [3.8, 4) is 0 Å². The van der Waals surface area contributed by atoms with Crippen LogP contribution in [0.4, 0.5) is 23.2 Å². The summed E-state index contributed by atoms with van der Waals surface area (Å²) in [5.74, 6) is -8.02. The van der Waals surface area contributed by atoms with Crippen molar-refractivity contribution in [2.24, 2.45) is 0 Å². The molecule has 140 valence electrons. The summed E-state index contributed by atoms with van der Waals surface area (Å²) in [7, 11) is 0. The van der Waals surface area contributed by atoms with E-state index in [1.807, 2.05) is 0 Å².